The maximum Gasteiger partial charge on any atom is 0.311 e. The van der Waals surface area contributed by atoms with Crippen molar-refractivity contribution in [1.82, 2.24) is 0 Å². The first-order chi connectivity index (χ1) is 5.25. The standard InChI is InChI=1S/C7H11FO3/c1-10-7(9)5-2-3-11-4-6(5)8/h5-6H,2-4H2,1H3. The summed E-state index contributed by atoms with van der Waals surface area (Å²) in [5.41, 5.74) is 0. The highest BCUT2D eigenvalue weighted by Crippen LogP contribution is 2.19. The van der Waals surface area contributed by atoms with Gasteiger partial charge in [0.1, 0.15) is 6.17 Å². The van der Waals surface area contributed by atoms with E-state index in [1.54, 1.807) is 0 Å². The van der Waals surface area contributed by atoms with E-state index >= 15 is 0 Å². The van der Waals surface area contributed by atoms with Crippen LogP contribution in [0.25, 0.3) is 0 Å². The first-order valence-electron chi connectivity index (χ1n) is 3.55. The number of esters is 1. The summed E-state index contributed by atoms with van der Waals surface area (Å²) in [5.74, 6) is -1.09. The van der Waals surface area contributed by atoms with Gasteiger partial charge in [-0.15, -0.1) is 0 Å². The van der Waals surface area contributed by atoms with Crippen LogP contribution < -0.4 is 0 Å². The second kappa shape index (κ2) is 3.67. The molecule has 11 heavy (non-hydrogen) atoms. The Kier molecular flexibility index (Phi) is 2.82. The van der Waals surface area contributed by atoms with E-state index in [4.69, 9.17) is 4.74 Å². The van der Waals surface area contributed by atoms with Gasteiger partial charge in [0.15, 0.2) is 0 Å². The lowest BCUT2D eigenvalue weighted by molar-refractivity contribution is -0.152. The van der Waals surface area contributed by atoms with Gasteiger partial charge < -0.3 is 9.47 Å². The Labute approximate surface area is 64.5 Å². The number of carbonyl (C=O) groups excluding carboxylic acids is 1. The lowest BCUT2D eigenvalue weighted by Gasteiger charge is -2.23. The molecule has 0 amide bonds. The largest absolute Gasteiger partial charge is 0.469 e. The van der Waals surface area contributed by atoms with Crippen LogP contribution in [0.3, 0.4) is 0 Å². The van der Waals surface area contributed by atoms with E-state index in [0.717, 1.165) is 0 Å². The molecule has 64 valence electrons. The van der Waals surface area contributed by atoms with Crippen LogP contribution in [0.5, 0.6) is 0 Å². The Morgan fingerprint density at radius 1 is 1.73 bits per heavy atom. The molecule has 0 radical (unpaired) electrons. The van der Waals surface area contributed by atoms with Gasteiger partial charge in [-0.25, -0.2) is 4.39 Å². The number of carbonyl (C=O) groups is 1. The average molecular weight is 162 g/mol. The van der Waals surface area contributed by atoms with Crippen LogP contribution in [0.2, 0.25) is 0 Å². The molecule has 3 nitrogen and oxygen atoms in total. The number of alkyl halides is 1. The zero-order chi connectivity index (χ0) is 8.27. The molecule has 0 aromatic rings. The third-order valence-corrected chi connectivity index (χ3v) is 1.79. The van der Waals surface area contributed by atoms with Crippen molar-refractivity contribution >= 4 is 5.97 Å². The van der Waals surface area contributed by atoms with E-state index in [0.29, 0.717) is 13.0 Å². The molecule has 1 saturated heterocycles. The normalized spacial score (nSPS) is 31.5. The van der Waals surface area contributed by atoms with E-state index in [9.17, 15) is 9.18 Å². The molecule has 1 heterocycles. The van der Waals surface area contributed by atoms with Crippen molar-refractivity contribution < 1.29 is 18.7 Å². The summed E-state index contributed by atoms with van der Waals surface area (Å²) in [4.78, 5) is 10.9. The SMILES string of the molecule is COC(=O)C1CCOCC1F. The molecule has 2 unspecified atom stereocenters. The van der Waals surface area contributed by atoms with Crippen LogP contribution in [-0.4, -0.2) is 32.5 Å². The van der Waals surface area contributed by atoms with Gasteiger partial charge >= 0.3 is 5.97 Å². The van der Waals surface area contributed by atoms with Crippen molar-refractivity contribution in [3.05, 3.63) is 0 Å². The molecule has 4 heteroatoms. The fourth-order valence-electron chi connectivity index (χ4n) is 1.12. The van der Waals surface area contributed by atoms with Crippen molar-refractivity contribution in [3.63, 3.8) is 0 Å². The number of rotatable bonds is 1. The number of methoxy groups -OCH3 is 1. The number of halogens is 1. The summed E-state index contributed by atoms with van der Waals surface area (Å²) in [6, 6.07) is 0. The lowest BCUT2D eigenvalue weighted by Crippen LogP contribution is -2.35. The minimum absolute atomic E-state index is 0.0137. The molecule has 2 atom stereocenters. The van der Waals surface area contributed by atoms with Crippen molar-refractivity contribution in [2.75, 3.05) is 20.3 Å². The fourth-order valence-corrected chi connectivity index (χ4v) is 1.12. The second-order valence-corrected chi connectivity index (χ2v) is 2.51. The lowest BCUT2D eigenvalue weighted by atomic mass is 9.99. The highest BCUT2D eigenvalue weighted by molar-refractivity contribution is 5.73. The van der Waals surface area contributed by atoms with Crippen LogP contribution in [0.4, 0.5) is 4.39 Å². The highest BCUT2D eigenvalue weighted by atomic mass is 19.1. The Morgan fingerprint density at radius 2 is 2.45 bits per heavy atom. The zero-order valence-electron chi connectivity index (χ0n) is 6.38. The summed E-state index contributed by atoms with van der Waals surface area (Å²) in [6.45, 7) is 0.458. The number of ether oxygens (including phenoxy) is 2. The van der Waals surface area contributed by atoms with Crippen molar-refractivity contribution in [3.8, 4) is 0 Å². The van der Waals surface area contributed by atoms with Crippen LogP contribution in [0.15, 0.2) is 0 Å². The maximum absolute atomic E-state index is 12.9. The fraction of sp³-hybridized carbons (Fsp3) is 0.857. The van der Waals surface area contributed by atoms with Crippen LogP contribution >= 0.6 is 0 Å². The van der Waals surface area contributed by atoms with Crippen LogP contribution in [-0.2, 0) is 14.3 Å². The predicted octanol–water partition coefficient (Wildman–Crippen LogP) is 0.534. The minimum atomic E-state index is -1.20. The van der Waals surface area contributed by atoms with E-state index in [-0.39, 0.29) is 6.61 Å². The average Bonchev–Trinajstić information content (AvgIpc) is 2.04. The Bertz CT molecular complexity index is 149. The summed E-state index contributed by atoms with van der Waals surface area (Å²) in [7, 11) is 1.27. The van der Waals surface area contributed by atoms with E-state index in [1.807, 2.05) is 0 Å². The van der Waals surface area contributed by atoms with Crippen LogP contribution in [0.1, 0.15) is 6.42 Å². The van der Waals surface area contributed by atoms with Gasteiger partial charge in [0.25, 0.3) is 0 Å². The smallest absolute Gasteiger partial charge is 0.311 e. The summed E-state index contributed by atoms with van der Waals surface area (Å²) >= 11 is 0. The van der Waals surface area contributed by atoms with Gasteiger partial charge in [-0.3, -0.25) is 4.79 Å². The van der Waals surface area contributed by atoms with Gasteiger partial charge in [-0.1, -0.05) is 0 Å². The first-order valence-corrected chi connectivity index (χ1v) is 3.55. The maximum atomic E-state index is 12.9. The third kappa shape index (κ3) is 1.89. The molecular weight excluding hydrogens is 151 g/mol. The molecule has 0 bridgehead atoms. The first kappa shape index (κ1) is 8.46. The van der Waals surface area contributed by atoms with Crippen LogP contribution in [0, 0.1) is 5.92 Å². The van der Waals surface area contributed by atoms with Crippen molar-refractivity contribution in [2.24, 2.45) is 5.92 Å². The Balaban J connectivity index is 2.47. The number of hydrogen-bond donors (Lipinski definition) is 0. The molecule has 1 rings (SSSR count). The molecule has 0 N–H and O–H groups in total. The summed E-state index contributed by atoms with van der Waals surface area (Å²) in [6.07, 6.45) is -0.774. The van der Waals surface area contributed by atoms with E-state index < -0.39 is 18.1 Å². The van der Waals surface area contributed by atoms with Gasteiger partial charge in [0.2, 0.25) is 0 Å². The van der Waals surface area contributed by atoms with Gasteiger partial charge in [0, 0.05) is 6.61 Å². The third-order valence-electron chi connectivity index (χ3n) is 1.79. The van der Waals surface area contributed by atoms with Crippen molar-refractivity contribution in [2.45, 2.75) is 12.6 Å². The van der Waals surface area contributed by atoms with Gasteiger partial charge in [-0.2, -0.15) is 0 Å². The minimum Gasteiger partial charge on any atom is -0.469 e. The number of hydrogen-bond acceptors (Lipinski definition) is 3. The summed E-state index contributed by atoms with van der Waals surface area (Å²) in [5, 5.41) is 0. The highest BCUT2D eigenvalue weighted by Gasteiger charge is 2.32. The Hall–Kier alpha value is -0.640. The Morgan fingerprint density at radius 3 is 3.00 bits per heavy atom. The molecule has 1 aliphatic rings. The zero-order valence-corrected chi connectivity index (χ0v) is 6.38. The molecule has 0 spiro atoms. The summed E-state index contributed by atoms with van der Waals surface area (Å²) < 4.78 is 22.1. The molecule has 0 aromatic heterocycles. The molecule has 0 aromatic carbocycles. The molecule has 0 saturated carbocycles. The van der Waals surface area contributed by atoms with Gasteiger partial charge in [0.05, 0.1) is 19.6 Å². The molecular formula is C7H11FO3. The molecule has 0 aliphatic carbocycles. The quantitative estimate of drug-likeness (QED) is 0.528. The monoisotopic (exact) mass is 162 g/mol. The predicted molar refractivity (Wildman–Crippen MR) is 35.8 cm³/mol. The topological polar surface area (TPSA) is 35.5 Å². The van der Waals surface area contributed by atoms with E-state index in [1.165, 1.54) is 7.11 Å². The van der Waals surface area contributed by atoms with E-state index in [2.05, 4.69) is 4.74 Å². The van der Waals surface area contributed by atoms with Gasteiger partial charge in [-0.05, 0) is 6.42 Å². The molecule has 1 aliphatic heterocycles. The molecule has 1 fully saturated rings. The van der Waals surface area contributed by atoms with Crippen molar-refractivity contribution in [1.29, 1.82) is 0 Å². The second-order valence-electron chi connectivity index (χ2n) is 2.51.